The molecule has 1 saturated heterocycles. The Kier molecular flexibility index (Phi) is 4.89. The van der Waals surface area contributed by atoms with Crippen molar-refractivity contribution in [2.24, 2.45) is 0 Å². The van der Waals surface area contributed by atoms with Crippen LogP contribution in [0.2, 0.25) is 0 Å². The van der Waals surface area contributed by atoms with Crippen LogP contribution in [0.15, 0.2) is 30.5 Å². The number of piperidine rings is 1. The average Bonchev–Trinajstić information content (AvgIpc) is 3.42. The number of fused-ring (bicyclic) bond motifs is 2. The minimum atomic E-state index is -0.542. The average molecular weight is 420 g/mol. The van der Waals surface area contributed by atoms with Crippen molar-refractivity contribution in [1.82, 2.24) is 9.88 Å². The highest BCUT2D eigenvalue weighted by molar-refractivity contribution is 7.19. The van der Waals surface area contributed by atoms with Crippen LogP contribution in [0.5, 0.6) is 5.75 Å². The molecule has 2 aliphatic rings. The Hall–Kier alpha value is -2.95. The molecule has 1 amide bonds. The largest absolute Gasteiger partial charge is 0.479 e. The van der Waals surface area contributed by atoms with Gasteiger partial charge in [-0.3, -0.25) is 9.78 Å². The lowest BCUT2D eigenvalue weighted by Gasteiger charge is -2.28. The van der Waals surface area contributed by atoms with E-state index in [-0.39, 0.29) is 12.5 Å². The van der Waals surface area contributed by atoms with Gasteiger partial charge in [0.25, 0.3) is 5.91 Å². The summed E-state index contributed by atoms with van der Waals surface area (Å²) in [6, 6.07) is 9.66. The van der Waals surface area contributed by atoms with E-state index in [2.05, 4.69) is 11.1 Å². The minimum absolute atomic E-state index is 0.0360. The van der Waals surface area contributed by atoms with Gasteiger partial charge in [0.15, 0.2) is 6.10 Å². The molecule has 7 heteroatoms. The summed E-state index contributed by atoms with van der Waals surface area (Å²) < 4.78 is 7.16. The molecule has 152 valence electrons. The number of aromatic nitrogens is 1. The molecule has 4 heterocycles. The van der Waals surface area contributed by atoms with E-state index in [0.717, 1.165) is 57.7 Å². The molecule has 0 saturated carbocycles. The Balaban J connectivity index is 1.57. The van der Waals surface area contributed by atoms with Gasteiger partial charge in [0.1, 0.15) is 5.75 Å². The number of thiophene rings is 1. The Morgan fingerprint density at radius 2 is 2.10 bits per heavy atom. The van der Waals surface area contributed by atoms with Crippen molar-refractivity contribution in [3.05, 3.63) is 46.5 Å². The normalized spacial score (nSPS) is 18.1. The number of aliphatic hydroxyl groups excluding tert-OH is 1. The lowest BCUT2D eigenvalue weighted by Crippen LogP contribution is -2.43. The first-order valence-corrected chi connectivity index (χ1v) is 11.0. The van der Waals surface area contributed by atoms with Crippen LogP contribution >= 0.6 is 11.3 Å². The Labute approximate surface area is 178 Å². The summed E-state index contributed by atoms with van der Waals surface area (Å²) in [5, 5.41) is 19.1. The van der Waals surface area contributed by atoms with Crippen molar-refractivity contribution < 1.29 is 14.6 Å². The molecule has 0 aliphatic carbocycles. The lowest BCUT2D eigenvalue weighted by molar-refractivity contribution is -0.138. The maximum absolute atomic E-state index is 13.0. The first-order chi connectivity index (χ1) is 14.7. The Morgan fingerprint density at radius 1 is 1.27 bits per heavy atom. The molecule has 1 aromatic carbocycles. The monoisotopic (exact) mass is 419 g/mol. The molecule has 30 heavy (non-hydrogen) atoms. The van der Waals surface area contributed by atoms with Gasteiger partial charge in [0.2, 0.25) is 0 Å². The molecular formula is C23H21N3O3S. The first-order valence-electron chi connectivity index (χ1n) is 10.2. The summed E-state index contributed by atoms with van der Waals surface area (Å²) in [6.07, 6.45) is 4.90. The number of nitrogens with zero attached hydrogens (tertiary/aromatic N) is 3. The van der Waals surface area contributed by atoms with Crippen LogP contribution in [-0.4, -0.2) is 40.1 Å². The van der Waals surface area contributed by atoms with Gasteiger partial charge in [-0.2, -0.15) is 5.26 Å². The van der Waals surface area contributed by atoms with Crippen molar-refractivity contribution in [1.29, 1.82) is 5.26 Å². The van der Waals surface area contributed by atoms with Gasteiger partial charge in [-0.05, 0) is 43.5 Å². The van der Waals surface area contributed by atoms with Crippen LogP contribution in [-0.2, 0) is 17.8 Å². The number of pyridine rings is 1. The second-order valence-electron chi connectivity index (χ2n) is 7.76. The number of hydrogen-bond donors (Lipinski definition) is 1. The highest BCUT2D eigenvalue weighted by Crippen LogP contribution is 2.44. The molecule has 1 atom stereocenters. The predicted molar refractivity (Wildman–Crippen MR) is 114 cm³/mol. The van der Waals surface area contributed by atoms with Gasteiger partial charge >= 0.3 is 0 Å². The van der Waals surface area contributed by atoms with E-state index in [4.69, 9.17) is 4.74 Å². The number of carbonyl (C=O) groups is 1. The van der Waals surface area contributed by atoms with Crippen LogP contribution in [0.4, 0.5) is 0 Å². The Morgan fingerprint density at radius 3 is 2.87 bits per heavy atom. The number of ether oxygens (including phenoxy) is 1. The number of carbonyl (C=O) groups excluding carboxylic acids is 1. The van der Waals surface area contributed by atoms with Crippen LogP contribution in [0.3, 0.4) is 0 Å². The molecule has 2 aliphatic heterocycles. The summed E-state index contributed by atoms with van der Waals surface area (Å²) in [6.45, 7) is 1.53. The molecule has 0 bridgehead atoms. The number of hydrogen-bond acceptors (Lipinski definition) is 6. The zero-order valence-electron chi connectivity index (χ0n) is 16.4. The topological polar surface area (TPSA) is 86.5 Å². The molecule has 6 nitrogen and oxygen atoms in total. The third-order valence-electron chi connectivity index (χ3n) is 5.81. The molecule has 0 radical (unpaired) electrons. The summed E-state index contributed by atoms with van der Waals surface area (Å²) in [4.78, 5) is 20.2. The Bertz CT molecular complexity index is 1170. The molecule has 1 N–H and O–H groups in total. The number of aliphatic hydroxyl groups is 1. The van der Waals surface area contributed by atoms with Crippen molar-refractivity contribution in [2.45, 2.75) is 38.4 Å². The van der Waals surface area contributed by atoms with Gasteiger partial charge in [0.05, 0.1) is 28.5 Å². The van der Waals surface area contributed by atoms with Gasteiger partial charge in [-0.15, -0.1) is 11.3 Å². The van der Waals surface area contributed by atoms with Crippen molar-refractivity contribution in [2.75, 3.05) is 13.1 Å². The molecule has 1 unspecified atom stereocenters. The summed E-state index contributed by atoms with van der Waals surface area (Å²) in [7, 11) is 0. The summed E-state index contributed by atoms with van der Waals surface area (Å²) >= 11 is 1.48. The highest BCUT2D eigenvalue weighted by Gasteiger charge is 2.35. The second-order valence-corrected chi connectivity index (χ2v) is 8.90. The number of rotatable bonds is 3. The third kappa shape index (κ3) is 3.22. The van der Waals surface area contributed by atoms with E-state index in [0.29, 0.717) is 17.7 Å². The summed E-state index contributed by atoms with van der Waals surface area (Å²) in [5.41, 5.74) is 3.95. The number of amides is 1. The maximum Gasteiger partial charge on any atom is 0.263 e. The van der Waals surface area contributed by atoms with E-state index in [9.17, 15) is 15.2 Å². The SMILES string of the molecule is N#Cc1cc2c(c(-c3ccnc4cc(CO)sc34)c1)OC(C(=O)N1CCCCC1)C2. The fourth-order valence-corrected chi connectivity index (χ4v) is 5.36. The van der Waals surface area contributed by atoms with Crippen LogP contribution in [0.1, 0.15) is 35.3 Å². The van der Waals surface area contributed by atoms with Gasteiger partial charge < -0.3 is 14.7 Å². The third-order valence-corrected chi connectivity index (χ3v) is 6.95. The fourth-order valence-electron chi connectivity index (χ4n) is 4.36. The van der Waals surface area contributed by atoms with Gasteiger partial charge in [-0.1, -0.05) is 0 Å². The smallest absolute Gasteiger partial charge is 0.263 e. The zero-order valence-corrected chi connectivity index (χ0v) is 17.2. The molecule has 5 rings (SSSR count). The number of likely N-dealkylation sites (tertiary alicyclic amines) is 1. The van der Waals surface area contributed by atoms with Crippen LogP contribution in [0, 0.1) is 11.3 Å². The minimum Gasteiger partial charge on any atom is -0.479 e. The molecule has 1 fully saturated rings. The maximum atomic E-state index is 13.0. The first kappa shape index (κ1) is 19.0. The number of benzene rings is 1. The standard InChI is InChI=1S/C23H21N3O3S/c24-12-14-8-15-10-20(23(28)26-6-2-1-3-7-26)29-21(15)18(9-14)17-4-5-25-19-11-16(13-27)30-22(17)19/h4-5,8-9,11,20,27H,1-3,6-7,10,13H2. The predicted octanol–water partition coefficient (Wildman–Crippen LogP) is 3.64. The lowest BCUT2D eigenvalue weighted by atomic mass is 9.97. The fraction of sp³-hybridized carbons (Fsp3) is 0.348. The van der Waals surface area contributed by atoms with E-state index in [1.165, 1.54) is 17.8 Å². The molecule has 3 aromatic rings. The quantitative estimate of drug-likeness (QED) is 0.700. The zero-order chi connectivity index (χ0) is 20.7. The van der Waals surface area contributed by atoms with Gasteiger partial charge in [0, 0.05) is 47.3 Å². The van der Waals surface area contributed by atoms with E-state index in [1.807, 2.05) is 29.2 Å². The van der Waals surface area contributed by atoms with Gasteiger partial charge in [-0.25, -0.2) is 0 Å². The summed E-state index contributed by atoms with van der Waals surface area (Å²) in [5.74, 6) is 0.713. The molecule has 0 spiro atoms. The van der Waals surface area contributed by atoms with Crippen LogP contribution < -0.4 is 4.74 Å². The molecule has 2 aromatic heterocycles. The van der Waals surface area contributed by atoms with E-state index in [1.54, 1.807) is 6.20 Å². The van der Waals surface area contributed by atoms with E-state index >= 15 is 0 Å². The molecular weight excluding hydrogens is 398 g/mol. The highest BCUT2D eigenvalue weighted by atomic mass is 32.1. The van der Waals surface area contributed by atoms with Crippen molar-refractivity contribution in [3.8, 4) is 22.9 Å². The van der Waals surface area contributed by atoms with Crippen LogP contribution in [0.25, 0.3) is 21.3 Å². The number of nitriles is 1. The van der Waals surface area contributed by atoms with Crippen molar-refractivity contribution in [3.63, 3.8) is 0 Å². The van der Waals surface area contributed by atoms with E-state index < -0.39 is 6.10 Å². The second kappa shape index (κ2) is 7.71. The van der Waals surface area contributed by atoms with Crippen molar-refractivity contribution >= 4 is 27.5 Å².